The Balaban J connectivity index is 2.02. The first-order valence-electron chi connectivity index (χ1n) is 6.13. The number of carbonyl (C=O) groups is 1. The summed E-state index contributed by atoms with van der Waals surface area (Å²) in [4.78, 5) is 11.2. The number of esters is 1. The molecule has 5 heteroatoms. The van der Waals surface area contributed by atoms with Crippen molar-refractivity contribution in [1.82, 2.24) is 0 Å². The molecule has 0 aliphatic carbocycles. The van der Waals surface area contributed by atoms with Crippen LogP contribution in [0.1, 0.15) is 25.5 Å². The molecule has 1 heterocycles. The number of ether oxygens (including phenoxy) is 1. The number of hydrogen-bond donors (Lipinski definition) is 0. The lowest BCUT2D eigenvalue weighted by Gasteiger charge is -1.99. The second-order valence-electron chi connectivity index (χ2n) is 4.18. The van der Waals surface area contributed by atoms with Crippen LogP contribution in [0.3, 0.4) is 0 Å². The molecule has 1 aromatic heterocycles. The number of fused-ring (bicyclic) bond motifs is 1. The van der Waals surface area contributed by atoms with Crippen LogP contribution in [0.2, 0.25) is 10.0 Å². The highest BCUT2D eigenvalue weighted by molar-refractivity contribution is 6.38. The quantitative estimate of drug-likeness (QED) is 0.756. The van der Waals surface area contributed by atoms with E-state index in [0.717, 1.165) is 11.1 Å². The van der Waals surface area contributed by atoms with Gasteiger partial charge >= 0.3 is 5.97 Å². The van der Waals surface area contributed by atoms with Gasteiger partial charge in [0.05, 0.1) is 11.6 Å². The zero-order valence-corrected chi connectivity index (χ0v) is 12.1. The summed E-state index contributed by atoms with van der Waals surface area (Å²) >= 11 is 12.0. The zero-order valence-electron chi connectivity index (χ0n) is 10.5. The van der Waals surface area contributed by atoms with Crippen molar-refractivity contribution in [3.05, 3.63) is 34.0 Å². The minimum absolute atomic E-state index is 0.181. The maximum absolute atomic E-state index is 11.2. The fraction of sp³-hybridized carbons (Fsp3) is 0.357. The zero-order chi connectivity index (χ0) is 13.8. The maximum Gasteiger partial charge on any atom is 0.305 e. The Bertz CT molecular complexity index is 590. The first-order chi connectivity index (χ1) is 9.10. The topological polar surface area (TPSA) is 39.4 Å². The molecule has 3 nitrogen and oxygen atoms in total. The molecule has 19 heavy (non-hydrogen) atoms. The average Bonchev–Trinajstić information content (AvgIpc) is 2.72. The molecule has 0 fully saturated rings. The van der Waals surface area contributed by atoms with Gasteiger partial charge in [0.2, 0.25) is 0 Å². The van der Waals surface area contributed by atoms with Crippen LogP contribution in [0, 0.1) is 0 Å². The summed E-state index contributed by atoms with van der Waals surface area (Å²) in [5.74, 6) is 0.614. The Kier molecular flexibility index (Phi) is 4.72. The van der Waals surface area contributed by atoms with Crippen LogP contribution in [0.25, 0.3) is 11.0 Å². The van der Waals surface area contributed by atoms with Gasteiger partial charge in [-0.3, -0.25) is 4.79 Å². The predicted octanol–water partition coefficient (Wildman–Crippen LogP) is 4.63. The Morgan fingerprint density at radius 3 is 2.84 bits per heavy atom. The first kappa shape index (κ1) is 14.2. The lowest BCUT2D eigenvalue weighted by atomic mass is 10.2. The summed E-state index contributed by atoms with van der Waals surface area (Å²) in [6, 6.07) is 5.36. The lowest BCUT2D eigenvalue weighted by Crippen LogP contribution is -2.03. The summed E-state index contributed by atoms with van der Waals surface area (Å²) in [5, 5.41) is 1.96. The van der Waals surface area contributed by atoms with Crippen molar-refractivity contribution in [3.63, 3.8) is 0 Å². The Morgan fingerprint density at radius 2 is 2.11 bits per heavy atom. The van der Waals surface area contributed by atoms with Crippen molar-refractivity contribution < 1.29 is 13.9 Å². The molecule has 0 bridgehead atoms. The van der Waals surface area contributed by atoms with E-state index >= 15 is 0 Å². The normalized spacial score (nSPS) is 10.9. The molecule has 1 aromatic carbocycles. The standard InChI is InChI=1S/C14H14Cl2O3/c1-2-18-13(17)5-3-4-11-7-9-6-10(15)8-12(16)14(9)19-11/h6-8H,2-5H2,1H3. The van der Waals surface area contributed by atoms with E-state index in [2.05, 4.69) is 0 Å². The molecule has 0 aliphatic heterocycles. The Morgan fingerprint density at radius 1 is 1.32 bits per heavy atom. The molecular weight excluding hydrogens is 287 g/mol. The van der Waals surface area contributed by atoms with Gasteiger partial charge in [0.25, 0.3) is 0 Å². The average molecular weight is 301 g/mol. The van der Waals surface area contributed by atoms with Gasteiger partial charge in [-0.25, -0.2) is 0 Å². The van der Waals surface area contributed by atoms with Crippen LogP contribution >= 0.6 is 23.2 Å². The Hall–Kier alpha value is -1.19. The van der Waals surface area contributed by atoms with Gasteiger partial charge in [0, 0.05) is 23.3 Å². The summed E-state index contributed by atoms with van der Waals surface area (Å²) in [7, 11) is 0. The van der Waals surface area contributed by atoms with Gasteiger partial charge in [0.1, 0.15) is 5.76 Å². The van der Waals surface area contributed by atoms with Crippen molar-refractivity contribution in [2.24, 2.45) is 0 Å². The molecule has 0 spiro atoms. The van der Waals surface area contributed by atoms with Gasteiger partial charge < -0.3 is 9.15 Å². The van der Waals surface area contributed by atoms with Crippen LogP contribution in [0.5, 0.6) is 0 Å². The van der Waals surface area contributed by atoms with Gasteiger partial charge in [-0.05, 0) is 31.5 Å². The SMILES string of the molecule is CCOC(=O)CCCc1cc2cc(Cl)cc(Cl)c2o1. The van der Waals surface area contributed by atoms with Crippen LogP contribution < -0.4 is 0 Å². The third kappa shape index (κ3) is 3.64. The Labute approximate surface area is 121 Å². The molecule has 0 N–H and O–H groups in total. The maximum atomic E-state index is 11.2. The van der Waals surface area contributed by atoms with Crippen LogP contribution in [0.4, 0.5) is 0 Å². The summed E-state index contributed by atoms with van der Waals surface area (Å²) in [6.07, 6.45) is 1.74. The van der Waals surface area contributed by atoms with Gasteiger partial charge in [0.15, 0.2) is 5.58 Å². The third-order valence-corrected chi connectivity index (χ3v) is 3.20. The first-order valence-corrected chi connectivity index (χ1v) is 6.89. The van der Waals surface area contributed by atoms with E-state index in [9.17, 15) is 4.79 Å². The molecule has 2 aromatic rings. The molecular formula is C14H14Cl2O3. The summed E-state index contributed by atoms with van der Waals surface area (Å²) < 4.78 is 10.5. The highest BCUT2D eigenvalue weighted by atomic mass is 35.5. The number of carbonyl (C=O) groups excluding carboxylic acids is 1. The van der Waals surface area contributed by atoms with Gasteiger partial charge in [-0.2, -0.15) is 0 Å². The van der Waals surface area contributed by atoms with Crippen molar-refractivity contribution in [3.8, 4) is 0 Å². The van der Waals surface area contributed by atoms with E-state index in [1.54, 1.807) is 19.1 Å². The van der Waals surface area contributed by atoms with Crippen LogP contribution in [0.15, 0.2) is 22.6 Å². The highest BCUT2D eigenvalue weighted by Crippen LogP contribution is 2.30. The molecule has 2 rings (SSSR count). The number of aryl methyl sites for hydroxylation is 1. The number of halogens is 2. The second-order valence-corrected chi connectivity index (χ2v) is 5.02. The van der Waals surface area contributed by atoms with E-state index in [4.69, 9.17) is 32.4 Å². The molecule has 102 valence electrons. The monoisotopic (exact) mass is 300 g/mol. The summed E-state index contributed by atoms with van der Waals surface area (Å²) in [5.41, 5.74) is 0.636. The van der Waals surface area contributed by atoms with E-state index in [1.165, 1.54) is 0 Å². The van der Waals surface area contributed by atoms with E-state index in [0.29, 0.717) is 41.5 Å². The van der Waals surface area contributed by atoms with E-state index in [1.807, 2.05) is 6.07 Å². The second kappa shape index (κ2) is 6.31. The lowest BCUT2D eigenvalue weighted by molar-refractivity contribution is -0.143. The number of hydrogen-bond acceptors (Lipinski definition) is 3. The molecule has 0 amide bonds. The summed E-state index contributed by atoms with van der Waals surface area (Å²) in [6.45, 7) is 2.21. The van der Waals surface area contributed by atoms with Crippen molar-refractivity contribution in [2.75, 3.05) is 6.61 Å². The van der Waals surface area contributed by atoms with Crippen molar-refractivity contribution in [2.45, 2.75) is 26.2 Å². The van der Waals surface area contributed by atoms with Crippen LogP contribution in [-0.4, -0.2) is 12.6 Å². The van der Waals surface area contributed by atoms with E-state index < -0.39 is 0 Å². The van der Waals surface area contributed by atoms with Crippen LogP contribution in [-0.2, 0) is 16.0 Å². The van der Waals surface area contributed by atoms with Crippen molar-refractivity contribution in [1.29, 1.82) is 0 Å². The minimum atomic E-state index is -0.181. The number of rotatable bonds is 5. The molecule has 0 aliphatic rings. The smallest absolute Gasteiger partial charge is 0.305 e. The molecule has 0 unspecified atom stereocenters. The van der Waals surface area contributed by atoms with Gasteiger partial charge in [-0.1, -0.05) is 23.2 Å². The molecule has 0 saturated carbocycles. The fourth-order valence-corrected chi connectivity index (χ4v) is 2.44. The van der Waals surface area contributed by atoms with Gasteiger partial charge in [-0.15, -0.1) is 0 Å². The van der Waals surface area contributed by atoms with Crippen molar-refractivity contribution >= 4 is 40.1 Å². The third-order valence-electron chi connectivity index (χ3n) is 2.70. The largest absolute Gasteiger partial charge is 0.466 e. The number of benzene rings is 1. The molecule has 0 radical (unpaired) electrons. The molecule has 0 saturated heterocycles. The number of furan rings is 1. The predicted molar refractivity (Wildman–Crippen MR) is 75.8 cm³/mol. The van der Waals surface area contributed by atoms with E-state index in [-0.39, 0.29) is 5.97 Å². The molecule has 0 atom stereocenters. The highest BCUT2D eigenvalue weighted by Gasteiger charge is 2.09. The fourth-order valence-electron chi connectivity index (χ4n) is 1.89. The minimum Gasteiger partial charge on any atom is -0.466 e.